The molecule has 0 radical (unpaired) electrons. The van der Waals surface area contributed by atoms with Crippen molar-refractivity contribution in [1.82, 2.24) is 5.43 Å². The first-order chi connectivity index (χ1) is 6.18. The highest BCUT2D eigenvalue weighted by Gasteiger charge is 2.45. The number of fused-ring (bicyclic) bond motifs is 2. The summed E-state index contributed by atoms with van der Waals surface area (Å²) < 4.78 is 0. The van der Waals surface area contributed by atoms with E-state index in [1.807, 2.05) is 0 Å². The van der Waals surface area contributed by atoms with Gasteiger partial charge in [-0.15, -0.1) is 11.6 Å². The predicted molar refractivity (Wildman–Crippen MR) is 50.6 cm³/mol. The van der Waals surface area contributed by atoms with Crippen molar-refractivity contribution in [3.63, 3.8) is 0 Å². The third-order valence-electron chi connectivity index (χ3n) is 2.89. The molecule has 3 N–H and O–H groups in total. The van der Waals surface area contributed by atoms with Crippen molar-refractivity contribution in [2.24, 2.45) is 22.7 Å². The van der Waals surface area contributed by atoms with Crippen LogP contribution in [0.5, 0.6) is 0 Å². The van der Waals surface area contributed by atoms with Crippen molar-refractivity contribution in [2.45, 2.75) is 24.6 Å². The summed E-state index contributed by atoms with van der Waals surface area (Å²) >= 11 is 6.16. The van der Waals surface area contributed by atoms with Gasteiger partial charge in [0, 0.05) is 17.0 Å². The molecule has 2 aliphatic rings. The van der Waals surface area contributed by atoms with Gasteiger partial charge in [-0.05, 0) is 25.2 Å². The normalized spacial score (nSPS) is 39.8. The lowest BCUT2D eigenvalue weighted by atomic mass is 9.99. The lowest BCUT2D eigenvalue weighted by molar-refractivity contribution is 0.249. The van der Waals surface area contributed by atoms with E-state index in [1.54, 1.807) is 0 Å². The van der Waals surface area contributed by atoms with Crippen LogP contribution < -0.4 is 11.2 Å². The average Bonchev–Trinajstić information content (AvgIpc) is 2.58. The summed E-state index contributed by atoms with van der Waals surface area (Å²) in [7, 11) is 0. The number of primary amides is 1. The Morgan fingerprint density at radius 3 is 2.85 bits per heavy atom. The summed E-state index contributed by atoms with van der Waals surface area (Å²) in [4.78, 5) is 10.4. The Labute approximate surface area is 81.5 Å². The molecule has 2 rings (SSSR count). The van der Waals surface area contributed by atoms with Crippen molar-refractivity contribution in [3.05, 3.63) is 0 Å². The lowest BCUT2D eigenvalue weighted by Gasteiger charge is -2.10. The number of urea groups is 1. The van der Waals surface area contributed by atoms with Crippen molar-refractivity contribution in [1.29, 1.82) is 0 Å². The molecule has 13 heavy (non-hydrogen) atoms. The summed E-state index contributed by atoms with van der Waals surface area (Å²) in [5, 5.41) is 4.18. The number of hydrogen-bond acceptors (Lipinski definition) is 2. The number of hydrogen-bond donors (Lipinski definition) is 2. The number of nitrogens with two attached hydrogens (primary N) is 1. The minimum atomic E-state index is -0.610. The molecule has 0 heterocycles. The fraction of sp³-hybridized carbons (Fsp3) is 0.750. The molecule has 72 valence electrons. The molecule has 0 spiro atoms. The van der Waals surface area contributed by atoms with Gasteiger partial charge in [0.2, 0.25) is 0 Å². The summed E-state index contributed by atoms with van der Waals surface area (Å²) in [6.07, 6.45) is 3.20. The molecule has 0 aromatic heterocycles. The van der Waals surface area contributed by atoms with Crippen LogP contribution >= 0.6 is 11.6 Å². The number of carbonyl (C=O) groups excluding carboxylic acids is 1. The molecule has 0 unspecified atom stereocenters. The second kappa shape index (κ2) is 3.18. The van der Waals surface area contributed by atoms with Crippen LogP contribution in [0.3, 0.4) is 0 Å². The molecule has 2 saturated carbocycles. The Bertz CT molecular complexity index is 266. The van der Waals surface area contributed by atoms with E-state index in [-0.39, 0.29) is 5.38 Å². The number of nitrogens with one attached hydrogen (secondary N) is 1. The van der Waals surface area contributed by atoms with Gasteiger partial charge in [0.15, 0.2) is 0 Å². The van der Waals surface area contributed by atoms with Gasteiger partial charge in [0.05, 0.1) is 0 Å². The van der Waals surface area contributed by atoms with E-state index >= 15 is 0 Å². The molecule has 0 aliphatic heterocycles. The number of hydrazone groups is 1. The average molecular weight is 202 g/mol. The third kappa shape index (κ3) is 1.50. The van der Waals surface area contributed by atoms with E-state index in [0.29, 0.717) is 11.8 Å². The zero-order chi connectivity index (χ0) is 9.42. The van der Waals surface area contributed by atoms with Gasteiger partial charge in [-0.25, -0.2) is 10.2 Å². The maximum atomic E-state index is 10.4. The van der Waals surface area contributed by atoms with E-state index in [4.69, 9.17) is 17.3 Å². The molecule has 0 aromatic rings. The largest absolute Gasteiger partial charge is 0.350 e. The molecule has 5 heteroatoms. The maximum absolute atomic E-state index is 10.4. The van der Waals surface area contributed by atoms with Crippen molar-refractivity contribution in [3.8, 4) is 0 Å². The van der Waals surface area contributed by atoms with Crippen LogP contribution in [0.1, 0.15) is 19.3 Å². The number of amides is 2. The molecule has 0 saturated heterocycles. The van der Waals surface area contributed by atoms with Crippen LogP contribution in [0, 0.1) is 11.8 Å². The van der Waals surface area contributed by atoms with E-state index in [2.05, 4.69) is 10.5 Å². The van der Waals surface area contributed by atoms with Gasteiger partial charge >= 0.3 is 6.03 Å². The molecule has 4 nitrogen and oxygen atoms in total. The van der Waals surface area contributed by atoms with Crippen LogP contribution in [0.25, 0.3) is 0 Å². The molecule has 3 atom stereocenters. The molecular weight excluding hydrogens is 190 g/mol. The Balaban J connectivity index is 2.04. The highest BCUT2D eigenvalue weighted by atomic mass is 35.5. The molecule has 2 amide bonds. The first kappa shape index (κ1) is 8.81. The molecule has 2 fully saturated rings. The van der Waals surface area contributed by atoms with E-state index in [0.717, 1.165) is 18.6 Å². The molecule has 0 aromatic carbocycles. The highest BCUT2D eigenvalue weighted by Crippen LogP contribution is 2.45. The third-order valence-corrected chi connectivity index (χ3v) is 3.55. The Morgan fingerprint density at radius 1 is 1.62 bits per heavy atom. The zero-order valence-corrected chi connectivity index (χ0v) is 7.92. The highest BCUT2D eigenvalue weighted by molar-refractivity contribution is 6.24. The van der Waals surface area contributed by atoms with Gasteiger partial charge in [0.1, 0.15) is 0 Å². The number of carbonyl (C=O) groups is 1. The zero-order valence-electron chi connectivity index (χ0n) is 7.16. The predicted octanol–water partition coefficient (Wildman–Crippen LogP) is 1.05. The minimum absolute atomic E-state index is 0.216. The Morgan fingerprint density at radius 2 is 2.38 bits per heavy atom. The standard InChI is InChI=1S/C8H12ClN3O/c9-7-4-1-2-5(7)6(3-4)11-12-8(10)13/h4-5,7H,1-3H2,(H3,10,12,13)/b11-6-/t4-,5-,7+/m0/s1. The monoisotopic (exact) mass is 201 g/mol. The van der Waals surface area contributed by atoms with Gasteiger partial charge in [0.25, 0.3) is 0 Å². The van der Waals surface area contributed by atoms with Crippen molar-refractivity contribution < 1.29 is 4.79 Å². The number of nitrogens with zero attached hydrogens (tertiary/aromatic N) is 1. The lowest BCUT2D eigenvalue weighted by Crippen LogP contribution is -2.27. The first-order valence-electron chi connectivity index (χ1n) is 4.44. The van der Waals surface area contributed by atoms with Gasteiger partial charge < -0.3 is 5.73 Å². The Kier molecular flexibility index (Phi) is 2.15. The molecular formula is C8H12ClN3O. The van der Waals surface area contributed by atoms with Crippen LogP contribution in [0.2, 0.25) is 0 Å². The summed E-state index contributed by atoms with van der Waals surface area (Å²) in [6.45, 7) is 0. The maximum Gasteiger partial charge on any atom is 0.332 e. The molecule has 2 bridgehead atoms. The smallest absolute Gasteiger partial charge is 0.332 e. The quantitative estimate of drug-likeness (QED) is 0.483. The van der Waals surface area contributed by atoms with Gasteiger partial charge in [-0.1, -0.05) is 0 Å². The van der Waals surface area contributed by atoms with Gasteiger partial charge in [-0.2, -0.15) is 5.10 Å². The Hall–Kier alpha value is -0.770. The van der Waals surface area contributed by atoms with Crippen LogP contribution in [0.4, 0.5) is 4.79 Å². The fourth-order valence-electron chi connectivity index (χ4n) is 2.28. The number of rotatable bonds is 1. The van der Waals surface area contributed by atoms with E-state index in [1.165, 1.54) is 6.42 Å². The van der Waals surface area contributed by atoms with Crippen LogP contribution in [-0.2, 0) is 0 Å². The van der Waals surface area contributed by atoms with E-state index in [9.17, 15) is 4.79 Å². The summed E-state index contributed by atoms with van der Waals surface area (Å²) in [5.41, 5.74) is 8.18. The van der Waals surface area contributed by atoms with Gasteiger partial charge in [-0.3, -0.25) is 0 Å². The van der Waals surface area contributed by atoms with Crippen LogP contribution in [0.15, 0.2) is 5.10 Å². The topological polar surface area (TPSA) is 67.5 Å². The van der Waals surface area contributed by atoms with Crippen molar-refractivity contribution in [2.75, 3.05) is 0 Å². The second-order valence-corrected chi connectivity index (χ2v) is 4.18. The minimum Gasteiger partial charge on any atom is -0.350 e. The fourth-order valence-corrected chi connectivity index (χ4v) is 2.77. The summed E-state index contributed by atoms with van der Waals surface area (Å²) in [6, 6.07) is -0.610. The first-order valence-corrected chi connectivity index (χ1v) is 4.88. The molecule has 2 aliphatic carbocycles. The SMILES string of the molecule is NC(=O)N/N=C1/C[C@@H]2CC[C@@H]1[C@@H]2Cl. The number of alkyl halides is 1. The van der Waals surface area contributed by atoms with Crippen molar-refractivity contribution >= 4 is 23.3 Å². The van der Waals surface area contributed by atoms with E-state index < -0.39 is 6.03 Å². The second-order valence-electron chi connectivity index (χ2n) is 3.67. The summed E-state index contributed by atoms with van der Waals surface area (Å²) in [5.74, 6) is 0.915. The van der Waals surface area contributed by atoms with Crippen LogP contribution in [-0.4, -0.2) is 17.1 Å². The number of halogens is 1.